The van der Waals surface area contributed by atoms with Gasteiger partial charge in [-0.15, -0.1) is 16.4 Å². The Labute approximate surface area is 202 Å². The van der Waals surface area contributed by atoms with Gasteiger partial charge < -0.3 is 0 Å². The van der Waals surface area contributed by atoms with E-state index in [0.717, 1.165) is 38.2 Å². The molecule has 5 rings (SSSR count). The van der Waals surface area contributed by atoms with Crippen molar-refractivity contribution >= 4 is 34.7 Å². The fourth-order valence-corrected chi connectivity index (χ4v) is 5.33. The molecule has 0 aliphatic carbocycles. The summed E-state index contributed by atoms with van der Waals surface area (Å²) in [6.45, 7) is 2.81. The maximum absolute atomic E-state index is 13.6. The minimum Gasteiger partial charge on any atom is -0.299 e. The largest absolute Gasteiger partial charge is 0.299 e. The van der Waals surface area contributed by atoms with Gasteiger partial charge in [0.2, 0.25) is 0 Å². The molecule has 1 fully saturated rings. The zero-order valence-corrected chi connectivity index (χ0v) is 19.8. The normalized spacial score (nSPS) is 14.9. The molecule has 4 aromatic rings. The van der Waals surface area contributed by atoms with Crippen LogP contribution in [-0.4, -0.2) is 39.7 Å². The highest BCUT2D eigenvalue weighted by molar-refractivity contribution is 7.18. The van der Waals surface area contributed by atoms with Crippen molar-refractivity contribution in [2.24, 2.45) is 0 Å². The molecule has 0 atom stereocenters. The summed E-state index contributed by atoms with van der Waals surface area (Å²) in [7, 11) is 0. The van der Waals surface area contributed by atoms with E-state index in [0.29, 0.717) is 15.0 Å². The van der Waals surface area contributed by atoms with Crippen molar-refractivity contribution in [1.82, 2.24) is 14.7 Å². The number of likely N-dealkylation sites (tertiary alicyclic amines) is 1. The first-order chi connectivity index (χ1) is 16.2. The number of halogens is 1. The smallest absolute Gasteiger partial charge is 0.269 e. The number of benzene rings is 2. The Morgan fingerprint density at radius 2 is 1.67 bits per heavy atom. The molecule has 3 heterocycles. The maximum Gasteiger partial charge on any atom is 0.269 e. The first-order valence-electron chi connectivity index (χ1n) is 11.1. The van der Waals surface area contributed by atoms with Gasteiger partial charge in [0.25, 0.3) is 5.91 Å². The predicted octanol–water partition coefficient (Wildman–Crippen LogP) is 5.90. The van der Waals surface area contributed by atoms with Gasteiger partial charge in [-0.25, -0.2) is 4.68 Å². The Kier molecular flexibility index (Phi) is 6.58. The zero-order chi connectivity index (χ0) is 22.6. The number of piperidine rings is 1. The number of hydrogen-bond donors (Lipinski definition) is 0. The lowest BCUT2D eigenvalue weighted by Crippen LogP contribution is -2.47. The van der Waals surface area contributed by atoms with Crippen LogP contribution in [0.2, 0.25) is 4.34 Å². The van der Waals surface area contributed by atoms with Gasteiger partial charge in [0.15, 0.2) is 5.82 Å². The van der Waals surface area contributed by atoms with Crippen molar-refractivity contribution in [1.29, 1.82) is 0 Å². The van der Waals surface area contributed by atoms with E-state index < -0.39 is 0 Å². The molecule has 0 unspecified atom stereocenters. The van der Waals surface area contributed by atoms with Gasteiger partial charge in [0, 0.05) is 37.9 Å². The highest BCUT2D eigenvalue weighted by Gasteiger charge is 2.32. The number of thiophene rings is 1. The zero-order valence-electron chi connectivity index (χ0n) is 18.2. The summed E-state index contributed by atoms with van der Waals surface area (Å²) >= 11 is 7.46. The third-order valence-corrected chi connectivity index (χ3v) is 7.24. The van der Waals surface area contributed by atoms with E-state index in [2.05, 4.69) is 29.2 Å². The molecule has 2 aromatic carbocycles. The van der Waals surface area contributed by atoms with Gasteiger partial charge in [0.05, 0.1) is 14.9 Å². The summed E-state index contributed by atoms with van der Waals surface area (Å²) in [5, 5.41) is 4.78. The minimum absolute atomic E-state index is 0.0354. The third kappa shape index (κ3) is 5.03. The molecule has 5 nitrogen and oxygen atoms in total. The van der Waals surface area contributed by atoms with Crippen molar-refractivity contribution in [2.75, 3.05) is 18.0 Å². The summed E-state index contributed by atoms with van der Waals surface area (Å²) in [5.74, 6) is 0.640. The first kappa shape index (κ1) is 21.9. The molecule has 0 spiro atoms. The fourth-order valence-electron chi connectivity index (χ4n) is 4.35. The molecular weight excluding hydrogens is 452 g/mol. The molecule has 2 aromatic heterocycles. The second-order valence-corrected chi connectivity index (χ2v) is 9.94. The van der Waals surface area contributed by atoms with Crippen LogP contribution in [0.3, 0.4) is 0 Å². The standard InChI is InChI=1S/C26H25ClN4OS/c27-24-12-11-23(33-24)26(32)31(25-15-18-30(28-25)21-9-5-2-6-10-21)22-13-16-29(17-14-22)19-20-7-3-1-4-8-20/h1-12,15,18,22H,13-14,16-17,19H2. The SMILES string of the molecule is O=C(c1ccc(Cl)s1)N(c1ccn(-c2ccccc2)n1)C1CCN(Cc2ccccc2)CC1. The molecular formula is C26H25ClN4OS. The molecule has 0 saturated carbocycles. The Balaban J connectivity index is 1.37. The molecule has 1 aliphatic heterocycles. The average molecular weight is 477 g/mol. The van der Waals surface area contributed by atoms with Crippen LogP contribution in [0.1, 0.15) is 28.1 Å². The van der Waals surface area contributed by atoms with Crippen molar-refractivity contribution < 1.29 is 4.79 Å². The van der Waals surface area contributed by atoms with E-state index in [1.807, 2.05) is 58.2 Å². The van der Waals surface area contributed by atoms with Crippen LogP contribution in [0.4, 0.5) is 5.82 Å². The second kappa shape index (κ2) is 9.91. The molecule has 1 saturated heterocycles. The van der Waals surface area contributed by atoms with E-state index in [1.165, 1.54) is 16.9 Å². The number of rotatable bonds is 6. The van der Waals surface area contributed by atoms with Gasteiger partial charge in [0.1, 0.15) is 0 Å². The number of nitrogens with zero attached hydrogens (tertiary/aromatic N) is 4. The van der Waals surface area contributed by atoms with E-state index in [4.69, 9.17) is 16.7 Å². The van der Waals surface area contributed by atoms with Crippen molar-refractivity contribution in [3.8, 4) is 5.69 Å². The van der Waals surface area contributed by atoms with Crippen molar-refractivity contribution in [3.63, 3.8) is 0 Å². The third-order valence-electron chi connectivity index (χ3n) is 6.02. The lowest BCUT2D eigenvalue weighted by atomic mass is 10.0. The van der Waals surface area contributed by atoms with Gasteiger partial charge in [-0.1, -0.05) is 60.1 Å². The highest BCUT2D eigenvalue weighted by atomic mass is 35.5. The molecule has 0 N–H and O–H groups in total. The molecule has 168 valence electrons. The van der Waals surface area contributed by atoms with Crippen LogP contribution >= 0.6 is 22.9 Å². The molecule has 1 aliphatic rings. The number of carbonyl (C=O) groups is 1. The van der Waals surface area contributed by atoms with E-state index in [1.54, 1.807) is 12.1 Å². The first-order valence-corrected chi connectivity index (χ1v) is 12.3. The predicted molar refractivity (Wildman–Crippen MR) is 134 cm³/mol. The summed E-state index contributed by atoms with van der Waals surface area (Å²) < 4.78 is 2.44. The van der Waals surface area contributed by atoms with Gasteiger partial charge in [-0.05, 0) is 42.7 Å². The maximum atomic E-state index is 13.6. The molecule has 33 heavy (non-hydrogen) atoms. The Bertz CT molecular complexity index is 1200. The Hall–Kier alpha value is -2.93. The van der Waals surface area contributed by atoms with Crippen LogP contribution in [-0.2, 0) is 6.54 Å². The minimum atomic E-state index is -0.0354. The number of amides is 1. The van der Waals surface area contributed by atoms with E-state index in [-0.39, 0.29) is 11.9 Å². The van der Waals surface area contributed by atoms with Crippen LogP contribution in [0, 0.1) is 0 Å². The molecule has 1 amide bonds. The molecule has 7 heteroatoms. The second-order valence-electron chi connectivity index (χ2n) is 8.23. The number of para-hydroxylation sites is 1. The van der Waals surface area contributed by atoms with Crippen LogP contribution in [0.25, 0.3) is 5.69 Å². The van der Waals surface area contributed by atoms with Crippen LogP contribution in [0.15, 0.2) is 85.1 Å². The van der Waals surface area contributed by atoms with Crippen LogP contribution in [0.5, 0.6) is 0 Å². The lowest BCUT2D eigenvalue weighted by Gasteiger charge is -2.37. The van der Waals surface area contributed by atoms with E-state index >= 15 is 0 Å². The topological polar surface area (TPSA) is 41.4 Å². The summed E-state index contributed by atoms with van der Waals surface area (Å²) in [6.07, 6.45) is 3.71. The quantitative estimate of drug-likeness (QED) is 0.348. The number of carbonyl (C=O) groups excluding carboxylic acids is 1. The van der Waals surface area contributed by atoms with E-state index in [9.17, 15) is 4.79 Å². The molecule has 0 bridgehead atoms. The monoisotopic (exact) mass is 476 g/mol. The Morgan fingerprint density at radius 1 is 0.970 bits per heavy atom. The van der Waals surface area contributed by atoms with Crippen LogP contribution < -0.4 is 4.90 Å². The van der Waals surface area contributed by atoms with Crippen molar-refractivity contribution in [2.45, 2.75) is 25.4 Å². The van der Waals surface area contributed by atoms with Crippen molar-refractivity contribution in [3.05, 3.63) is 99.8 Å². The Morgan fingerprint density at radius 3 is 2.33 bits per heavy atom. The number of anilines is 1. The number of hydrogen-bond acceptors (Lipinski definition) is 4. The van der Waals surface area contributed by atoms with Gasteiger partial charge in [-0.3, -0.25) is 14.6 Å². The summed E-state index contributed by atoms with van der Waals surface area (Å²) in [5.41, 5.74) is 2.28. The van der Waals surface area contributed by atoms with Gasteiger partial charge in [-0.2, -0.15) is 0 Å². The summed E-state index contributed by atoms with van der Waals surface area (Å²) in [6, 6.07) is 26.1. The average Bonchev–Trinajstić information content (AvgIpc) is 3.51. The summed E-state index contributed by atoms with van der Waals surface area (Å²) in [4.78, 5) is 18.6. The van der Waals surface area contributed by atoms with Gasteiger partial charge >= 0.3 is 0 Å². The fraction of sp³-hybridized carbons (Fsp3) is 0.231. The molecule has 0 radical (unpaired) electrons. The highest BCUT2D eigenvalue weighted by Crippen LogP contribution is 2.29. The lowest BCUT2D eigenvalue weighted by molar-refractivity contribution is 0.0961. The number of aromatic nitrogens is 2.